The Balaban J connectivity index is 1.04. The minimum absolute atomic E-state index is 0.498. The fourth-order valence-electron chi connectivity index (χ4n) is 11.1. The second-order valence-electron chi connectivity index (χ2n) is 17.1. The lowest BCUT2D eigenvalue weighted by Crippen LogP contribution is -2.44. The molecule has 0 saturated heterocycles. The van der Waals surface area contributed by atoms with E-state index >= 15 is 0 Å². The van der Waals surface area contributed by atoms with Crippen LogP contribution in [0.25, 0.3) is 66.8 Å². The highest BCUT2D eigenvalue weighted by Crippen LogP contribution is 2.65. The summed E-state index contributed by atoms with van der Waals surface area (Å²) in [5, 5.41) is 4.64. The Morgan fingerprint density at radius 3 is 1.25 bits per heavy atom. The minimum atomic E-state index is -0.645. The van der Waals surface area contributed by atoms with Gasteiger partial charge in [-0.25, -0.2) is 15.0 Å². The van der Waals surface area contributed by atoms with Gasteiger partial charge in [-0.1, -0.05) is 224 Å². The zero-order valence-electron chi connectivity index (χ0n) is 34.9. The molecule has 2 aliphatic carbocycles. The summed E-state index contributed by atoms with van der Waals surface area (Å²) in [5.41, 5.74) is 14.5. The predicted octanol–water partition coefficient (Wildman–Crippen LogP) is 14.2. The van der Waals surface area contributed by atoms with Gasteiger partial charge in [0.1, 0.15) is 0 Å². The summed E-state index contributed by atoms with van der Waals surface area (Å²) < 4.78 is 0. The molecule has 10 aromatic carbocycles. The molecule has 0 radical (unpaired) electrons. The van der Waals surface area contributed by atoms with E-state index in [-0.39, 0.29) is 0 Å². The molecule has 3 nitrogen and oxygen atoms in total. The molecule has 3 heteroatoms. The molecule has 13 rings (SSSR count). The molecule has 2 unspecified atom stereocenters. The highest BCUT2D eigenvalue weighted by atomic mass is 15.0. The molecule has 11 aromatic rings. The third-order valence-corrected chi connectivity index (χ3v) is 13.8. The second-order valence-corrected chi connectivity index (χ2v) is 17.1. The van der Waals surface area contributed by atoms with Gasteiger partial charge in [0.2, 0.25) is 0 Å². The van der Waals surface area contributed by atoms with Gasteiger partial charge >= 0.3 is 0 Å². The maximum atomic E-state index is 5.23. The summed E-state index contributed by atoms with van der Waals surface area (Å²) in [6.07, 6.45) is 0. The van der Waals surface area contributed by atoms with Crippen LogP contribution in [0.1, 0.15) is 44.5 Å². The van der Waals surface area contributed by atoms with E-state index in [9.17, 15) is 0 Å². The predicted molar refractivity (Wildman–Crippen MR) is 260 cm³/mol. The number of fused-ring (bicyclic) bond motifs is 7. The Morgan fingerprint density at radius 2 is 0.656 bits per heavy atom. The first-order valence-corrected chi connectivity index (χ1v) is 22.0. The van der Waals surface area contributed by atoms with Crippen LogP contribution in [0.3, 0.4) is 0 Å². The highest BCUT2D eigenvalue weighted by molar-refractivity contribution is 5.92. The van der Waals surface area contributed by atoms with E-state index < -0.39 is 10.8 Å². The van der Waals surface area contributed by atoms with Gasteiger partial charge in [0.05, 0.1) is 10.8 Å². The Morgan fingerprint density at radius 1 is 0.250 bits per heavy atom. The van der Waals surface area contributed by atoms with Crippen LogP contribution >= 0.6 is 0 Å². The van der Waals surface area contributed by atoms with E-state index in [1.807, 2.05) is 0 Å². The van der Waals surface area contributed by atoms with Crippen molar-refractivity contribution in [3.63, 3.8) is 0 Å². The molecule has 0 fully saturated rings. The number of hydrogen-bond donors (Lipinski definition) is 0. The van der Waals surface area contributed by atoms with Gasteiger partial charge in [0, 0.05) is 16.7 Å². The van der Waals surface area contributed by atoms with Crippen LogP contribution in [0.2, 0.25) is 0 Å². The van der Waals surface area contributed by atoms with Crippen LogP contribution in [0.15, 0.2) is 237 Å². The zero-order valence-corrected chi connectivity index (χ0v) is 34.9. The zero-order chi connectivity index (χ0) is 42.2. The molecule has 64 heavy (non-hydrogen) atoms. The molecule has 0 spiro atoms. The van der Waals surface area contributed by atoms with Crippen molar-refractivity contribution in [2.45, 2.75) is 10.8 Å². The van der Waals surface area contributed by atoms with Crippen molar-refractivity contribution in [3.05, 3.63) is 281 Å². The third kappa shape index (κ3) is 5.19. The van der Waals surface area contributed by atoms with E-state index in [2.05, 4.69) is 237 Å². The first kappa shape index (κ1) is 36.4. The van der Waals surface area contributed by atoms with Gasteiger partial charge in [0.15, 0.2) is 17.5 Å². The molecule has 2 aliphatic rings. The smallest absolute Gasteiger partial charge is 0.164 e. The molecule has 298 valence electrons. The summed E-state index contributed by atoms with van der Waals surface area (Å²) in [7, 11) is 0. The number of hydrogen-bond acceptors (Lipinski definition) is 3. The first-order chi connectivity index (χ1) is 31.7. The number of benzene rings is 10. The van der Waals surface area contributed by atoms with Crippen molar-refractivity contribution in [1.29, 1.82) is 0 Å². The van der Waals surface area contributed by atoms with Crippen LogP contribution in [0, 0.1) is 0 Å². The van der Waals surface area contributed by atoms with Gasteiger partial charge in [-0.05, 0) is 89.3 Å². The molecule has 0 bridgehead atoms. The molecule has 1 heterocycles. The maximum absolute atomic E-state index is 5.23. The molecule has 0 saturated carbocycles. The second kappa shape index (κ2) is 14.1. The Labute approximate surface area is 372 Å². The first-order valence-electron chi connectivity index (χ1n) is 22.0. The summed E-state index contributed by atoms with van der Waals surface area (Å²) >= 11 is 0. The third-order valence-electron chi connectivity index (χ3n) is 13.8. The lowest BCUT2D eigenvalue weighted by molar-refractivity contribution is 0.627. The van der Waals surface area contributed by atoms with E-state index in [4.69, 9.17) is 15.0 Å². The minimum Gasteiger partial charge on any atom is -0.208 e. The van der Waals surface area contributed by atoms with Crippen molar-refractivity contribution < 1.29 is 0 Å². The van der Waals surface area contributed by atoms with E-state index in [0.29, 0.717) is 17.5 Å². The summed E-state index contributed by atoms with van der Waals surface area (Å²) in [4.78, 5) is 15.6. The van der Waals surface area contributed by atoms with Crippen LogP contribution in [-0.4, -0.2) is 15.0 Å². The number of aromatic nitrogens is 3. The molecule has 2 atom stereocenters. The molecule has 0 amide bonds. The van der Waals surface area contributed by atoms with Crippen LogP contribution in [-0.2, 0) is 10.8 Å². The lowest BCUT2D eigenvalue weighted by atomic mass is 9.52. The van der Waals surface area contributed by atoms with Gasteiger partial charge in [0.25, 0.3) is 0 Å². The van der Waals surface area contributed by atoms with Crippen LogP contribution in [0.4, 0.5) is 0 Å². The monoisotopic (exact) mass is 813 g/mol. The van der Waals surface area contributed by atoms with Crippen molar-refractivity contribution >= 4 is 21.5 Å². The summed E-state index contributed by atoms with van der Waals surface area (Å²) in [5.74, 6) is 1.91. The van der Waals surface area contributed by atoms with E-state index in [1.54, 1.807) is 0 Å². The Hall–Kier alpha value is -8.27. The number of nitrogens with zero attached hydrogens (tertiary/aromatic N) is 3. The van der Waals surface area contributed by atoms with Gasteiger partial charge < -0.3 is 0 Å². The molecular formula is C61H39N3. The molecule has 0 N–H and O–H groups in total. The van der Waals surface area contributed by atoms with Gasteiger partial charge in [-0.3, -0.25) is 0 Å². The summed E-state index contributed by atoms with van der Waals surface area (Å²) in [6.45, 7) is 0. The normalized spacial score (nSPS) is 16.9. The quantitative estimate of drug-likeness (QED) is 0.168. The Bertz CT molecular complexity index is 3520. The van der Waals surface area contributed by atoms with Crippen LogP contribution < -0.4 is 0 Å². The lowest BCUT2D eigenvalue weighted by Gasteiger charge is -2.49. The maximum Gasteiger partial charge on any atom is 0.164 e. The fourth-order valence-corrected chi connectivity index (χ4v) is 11.1. The van der Waals surface area contributed by atoms with E-state index in [0.717, 1.165) is 27.5 Å². The average Bonchev–Trinajstić information content (AvgIpc) is 3.69. The van der Waals surface area contributed by atoms with Crippen molar-refractivity contribution in [1.82, 2.24) is 15.0 Å². The molecule has 1 aromatic heterocycles. The largest absolute Gasteiger partial charge is 0.208 e. The van der Waals surface area contributed by atoms with Gasteiger partial charge in [-0.2, -0.15) is 0 Å². The van der Waals surface area contributed by atoms with Crippen molar-refractivity contribution in [2.24, 2.45) is 0 Å². The topological polar surface area (TPSA) is 38.7 Å². The van der Waals surface area contributed by atoms with E-state index in [1.165, 1.54) is 66.4 Å². The SMILES string of the molecule is c1ccc(C2(c3ccc(-c4nc(-c5ccc6ccccc6c5)nc(-c5ccc6ccccc6c5)n4)cc3)c3ccccc3C3(c4ccccc4)c4ccccc4-c4cccc2c43)cc1. The Kier molecular flexibility index (Phi) is 8.04. The highest BCUT2D eigenvalue weighted by Gasteiger charge is 2.57. The standard InChI is InChI=1S/C61H39N3/c1-3-20-47(21-4-1)60(53-27-13-14-28-54(53)61(48-22-5-2-6-23-48)52-26-12-11-24-50(52)51-25-15-29-55(60)56(51)61)49-36-34-42(35-37-49)57-62-58(45-32-30-40-16-7-9-18-43(40)38-45)64-59(63-57)46-33-31-41-17-8-10-19-44(41)39-46/h1-39H. The van der Waals surface area contributed by atoms with Crippen molar-refractivity contribution in [2.75, 3.05) is 0 Å². The number of rotatable bonds is 6. The fraction of sp³-hybridized carbons (Fsp3) is 0.0328. The molecule has 0 aliphatic heterocycles. The van der Waals surface area contributed by atoms with Crippen LogP contribution in [0.5, 0.6) is 0 Å². The van der Waals surface area contributed by atoms with Crippen molar-refractivity contribution in [3.8, 4) is 45.3 Å². The summed E-state index contributed by atoms with van der Waals surface area (Å²) in [6, 6.07) is 86.2. The average molecular weight is 814 g/mol. The van der Waals surface area contributed by atoms with Gasteiger partial charge in [-0.15, -0.1) is 0 Å². The molecular weight excluding hydrogens is 775 g/mol.